The van der Waals surface area contributed by atoms with Gasteiger partial charge < -0.3 is 34.3 Å². The molecule has 0 aliphatic carbocycles. The lowest BCUT2D eigenvalue weighted by molar-refractivity contribution is -0.810. The molecule has 3 heterocycles. The quantitative estimate of drug-likeness (QED) is 0.198. The molecule has 0 amide bonds. The van der Waals surface area contributed by atoms with Crippen LogP contribution in [0.3, 0.4) is 0 Å². The number of aromatic nitrogens is 4. The van der Waals surface area contributed by atoms with Gasteiger partial charge in [-0.1, -0.05) is 42.1 Å². The lowest BCUT2D eigenvalue weighted by Gasteiger charge is -2.40. The fraction of sp³-hybridized carbons (Fsp3) is 0.567. The van der Waals surface area contributed by atoms with E-state index in [0.717, 1.165) is 60.8 Å². The Hall–Kier alpha value is -3.09. The van der Waals surface area contributed by atoms with Crippen LogP contribution < -0.4 is 19.8 Å². The summed E-state index contributed by atoms with van der Waals surface area (Å²) >= 11 is 0. The van der Waals surface area contributed by atoms with Crippen LogP contribution in [0.5, 0.6) is 5.75 Å². The highest BCUT2D eigenvalue weighted by Crippen LogP contribution is 2.35. The Morgan fingerprint density at radius 1 is 1.20 bits per heavy atom. The van der Waals surface area contributed by atoms with Gasteiger partial charge in [-0.05, 0) is 58.5 Å². The fourth-order valence-electron chi connectivity index (χ4n) is 5.52. The Morgan fingerprint density at radius 3 is 2.85 bits per heavy atom. The van der Waals surface area contributed by atoms with Crippen molar-refractivity contribution in [2.75, 3.05) is 58.0 Å². The predicted molar refractivity (Wildman–Crippen MR) is 152 cm³/mol. The molecule has 0 bridgehead atoms. The van der Waals surface area contributed by atoms with E-state index >= 15 is 0 Å². The molecule has 11 nitrogen and oxygen atoms in total. The average molecular weight is 568 g/mol. The first-order chi connectivity index (χ1) is 20.0. The summed E-state index contributed by atoms with van der Waals surface area (Å²) in [5.74, 6) is 1.20. The van der Waals surface area contributed by atoms with Gasteiger partial charge in [0.05, 0.1) is 37.2 Å². The van der Waals surface area contributed by atoms with E-state index in [1.54, 1.807) is 11.9 Å². The molecule has 1 fully saturated rings. The standard InChI is InChI=1S/C30H42N6O5/c1-23(18-36-33-22-32-34-36)19-39-20-24-4-7-26(8-5-24)30(37)10-11-31-17-29(30)41-21-25-6-9-28-27(16-25)35(13-15-40-28)12-3-14-38-2/h4-9,16,22-23,29,31,37H,3,10-15,17-21H2,1-2H3/p+1/t23-,29-,30-/m0/s1. The van der Waals surface area contributed by atoms with E-state index in [0.29, 0.717) is 51.9 Å². The molecular weight excluding hydrogens is 524 g/mol. The first-order valence-corrected chi connectivity index (χ1v) is 14.5. The summed E-state index contributed by atoms with van der Waals surface area (Å²) in [6.45, 7) is 8.87. The maximum absolute atomic E-state index is 11.8. The van der Waals surface area contributed by atoms with Crippen molar-refractivity contribution in [3.05, 3.63) is 65.5 Å². The number of anilines is 1. The molecule has 3 atom stereocenters. The highest BCUT2D eigenvalue weighted by atomic mass is 16.5. The molecule has 0 spiro atoms. The first-order valence-electron chi connectivity index (χ1n) is 14.5. The van der Waals surface area contributed by atoms with E-state index < -0.39 is 5.60 Å². The number of H-pyrrole nitrogens is 1. The van der Waals surface area contributed by atoms with Gasteiger partial charge in [0.15, 0.2) is 0 Å². The Morgan fingerprint density at radius 2 is 2.05 bits per heavy atom. The Balaban J connectivity index is 1.17. The van der Waals surface area contributed by atoms with Crippen molar-refractivity contribution in [1.29, 1.82) is 0 Å². The van der Waals surface area contributed by atoms with Gasteiger partial charge in [-0.25, -0.2) is 0 Å². The number of ether oxygens (including phenoxy) is 4. The van der Waals surface area contributed by atoms with Crippen LogP contribution in [0.2, 0.25) is 0 Å². The van der Waals surface area contributed by atoms with Gasteiger partial charge in [0.2, 0.25) is 0 Å². The number of aromatic amines is 1. The van der Waals surface area contributed by atoms with Crippen molar-refractivity contribution < 1.29 is 28.9 Å². The maximum atomic E-state index is 11.8. The highest BCUT2D eigenvalue weighted by molar-refractivity contribution is 5.61. The van der Waals surface area contributed by atoms with Crippen LogP contribution in [0.25, 0.3) is 0 Å². The van der Waals surface area contributed by atoms with Gasteiger partial charge in [-0.2, -0.15) is 0 Å². The second-order valence-corrected chi connectivity index (χ2v) is 11.0. The Kier molecular flexibility index (Phi) is 10.2. The molecule has 11 heteroatoms. The number of aliphatic hydroxyl groups is 1. The van der Waals surface area contributed by atoms with E-state index in [2.05, 4.69) is 38.6 Å². The molecule has 0 unspecified atom stereocenters. The van der Waals surface area contributed by atoms with Crippen molar-refractivity contribution in [3.8, 4) is 5.75 Å². The second kappa shape index (κ2) is 14.2. The minimum atomic E-state index is -1.07. The molecule has 3 N–H and O–H groups in total. The molecule has 5 rings (SSSR count). The van der Waals surface area contributed by atoms with E-state index in [1.165, 1.54) is 6.33 Å². The van der Waals surface area contributed by atoms with Crippen LogP contribution in [-0.4, -0.2) is 79.7 Å². The topological polar surface area (TPSA) is 118 Å². The minimum Gasteiger partial charge on any atom is -0.490 e. The summed E-state index contributed by atoms with van der Waals surface area (Å²) in [4.78, 5) is 4.04. The van der Waals surface area contributed by atoms with E-state index in [4.69, 9.17) is 18.9 Å². The third-order valence-electron chi connectivity index (χ3n) is 7.79. The van der Waals surface area contributed by atoms with Crippen LogP contribution in [0.4, 0.5) is 5.69 Å². The summed E-state index contributed by atoms with van der Waals surface area (Å²) in [5.41, 5.74) is 3.01. The zero-order valence-corrected chi connectivity index (χ0v) is 24.1. The summed E-state index contributed by atoms with van der Waals surface area (Å²) in [5, 5.41) is 26.0. The molecule has 0 saturated carbocycles. The van der Waals surface area contributed by atoms with Crippen molar-refractivity contribution in [2.45, 2.75) is 51.2 Å². The van der Waals surface area contributed by atoms with Crippen LogP contribution in [0.1, 0.15) is 36.5 Å². The normalized spacial score (nSPS) is 21.3. The maximum Gasteiger partial charge on any atom is 0.296 e. The number of tetrazole rings is 1. The summed E-state index contributed by atoms with van der Waals surface area (Å²) in [7, 11) is 1.73. The highest BCUT2D eigenvalue weighted by Gasteiger charge is 2.41. The predicted octanol–water partition coefficient (Wildman–Crippen LogP) is 1.95. The molecule has 222 valence electrons. The smallest absolute Gasteiger partial charge is 0.296 e. The van der Waals surface area contributed by atoms with E-state index in [9.17, 15) is 5.11 Å². The van der Waals surface area contributed by atoms with Crippen LogP contribution in [0, 0.1) is 5.92 Å². The molecule has 1 saturated heterocycles. The van der Waals surface area contributed by atoms with Gasteiger partial charge in [0.1, 0.15) is 30.6 Å². The number of hydrogen-bond acceptors (Lipinski definition) is 9. The zero-order valence-electron chi connectivity index (χ0n) is 24.1. The number of nitrogens with zero attached hydrogens (tertiary/aromatic N) is 4. The van der Waals surface area contributed by atoms with Crippen LogP contribution in [0.15, 0.2) is 48.8 Å². The van der Waals surface area contributed by atoms with E-state index in [-0.39, 0.29) is 6.10 Å². The molecule has 1 aromatic heterocycles. The van der Waals surface area contributed by atoms with Gasteiger partial charge in [-0.3, -0.25) is 0 Å². The first kappa shape index (κ1) is 29.4. The van der Waals surface area contributed by atoms with Gasteiger partial charge in [0, 0.05) is 32.7 Å². The third kappa shape index (κ3) is 7.60. The summed E-state index contributed by atoms with van der Waals surface area (Å²) in [6.07, 6.45) is 2.65. The Labute approximate surface area is 241 Å². The number of rotatable bonds is 14. The molecule has 3 aromatic rings. The molecule has 0 radical (unpaired) electrons. The monoisotopic (exact) mass is 567 g/mol. The number of hydrogen-bond donors (Lipinski definition) is 3. The number of methoxy groups -OCH3 is 1. The average Bonchev–Trinajstić information content (AvgIpc) is 3.50. The minimum absolute atomic E-state index is 0.293. The molecule has 2 aromatic carbocycles. The van der Waals surface area contributed by atoms with Crippen LogP contribution in [-0.2, 0) is 39.6 Å². The zero-order chi connectivity index (χ0) is 28.5. The number of nitrogens with one attached hydrogen (secondary N) is 2. The van der Waals surface area contributed by atoms with Crippen molar-refractivity contribution in [1.82, 2.24) is 20.7 Å². The summed E-state index contributed by atoms with van der Waals surface area (Å²) < 4.78 is 23.5. The third-order valence-corrected chi connectivity index (χ3v) is 7.79. The second-order valence-electron chi connectivity index (χ2n) is 11.0. The molecule has 2 aliphatic heterocycles. The molecule has 41 heavy (non-hydrogen) atoms. The number of fused-ring (bicyclic) bond motifs is 1. The van der Waals surface area contributed by atoms with Crippen molar-refractivity contribution in [3.63, 3.8) is 0 Å². The molecule has 2 aliphatic rings. The van der Waals surface area contributed by atoms with Crippen LogP contribution >= 0.6 is 0 Å². The lowest BCUT2D eigenvalue weighted by Crippen LogP contribution is -2.53. The van der Waals surface area contributed by atoms with E-state index in [1.807, 2.05) is 36.4 Å². The van der Waals surface area contributed by atoms with Crippen molar-refractivity contribution >= 4 is 5.69 Å². The number of piperidine rings is 1. The van der Waals surface area contributed by atoms with Crippen molar-refractivity contribution in [2.24, 2.45) is 5.92 Å². The summed E-state index contributed by atoms with van der Waals surface area (Å²) in [6, 6.07) is 14.3. The SMILES string of the molecule is COCCCN1CCOc2ccc(CO[C@H]3CNCC[C@]3(O)c3ccc(COC[C@@H](C)C[n+]4ncn[nH]4)cc3)cc21. The number of benzene rings is 2. The largest absolute Gasteiger partial charge is 0.490 e. The van der Waals surface area contributed by atoms with Gasteiger partial charge >= 0.3 is 0 Å². The fourth-order valence-corrected chi connectivity index (χ4v) is 5.52. The van der Waals surface area contributed by atoms with Gasteiger partial charge in [-0.15, -0.1) is 0 Å². The Bertz CT molecular complexity index is 1210. The van der Waals surface area contributed by atoms with Gasteiger partial charge in [0.25, 0.3) is 6.33 Å². The molecular formula is C30H43N6O5+. The lowest BCUT2D eigenvalue weighted by atomic mass is 9.82.